The predicted octanol–water partition coefficient (Wildman–Crippen LogP) is 1.77. The molecular weight excluding hydrogens is 382 g/mol. The van der Waals surface area contributed by atoms with Crippen LogP contribution in [0.25, 0.3) is 0 Å². The van der Waals surface area contributed by atoms with Crippen molar-refractivity contribution in [2.45, 2.75) is 48.0 Å². The van der Waals surface area contributed by atoms with E-state index < -0.39 is 27.8 Å². The quantitative estimate of drug-likeness (QED) is 0.357. The smallest absolute Gasteiger partial charge is 0.339 e. The summed E-state index contributed by atoms with van der Waals surface area (Å²) in [4.78, 5) is 49.7. The number of hydrogen-bond acceptors (Lipinski definition) is 4. The van der Waals surface area contributed by atoms with Crippen molar-refractivity contribution in [3.63, 3.8) is 0 Å². The minimum Gasteiger partial charge on any atom is -0.355 e. The standard InChI is InChI=1S/C15H34N2O7P2/c1-14(2,3)9-12(15(4,5)6)13(18)16-7-8-17(10-25(19,20)21)11-26(22,23)24/h12H,7-11H2,1-6H3,(H,16,18)(H2,19,20,21)(H2,22,23,24). The molecule has 1 atom stereocenters. The van der Waals surface area contributed by atoms with E-state index in [4.69, 9.17) is 19.6 Å². The van der Waals surface area contributed by atoms with Crippen molar-refractivity contribution in [1.29, 1.82) is 0 Å². The van der Waals surface area contributed by atoms with Crippen LogP contribution in [-0.2, 0) is 13.9 Å². The summed E-state index contributed by atoms with van der Waals surface area (Å²) in [5, 5.41) is 2.73. The lowest BCUT2D eigenvalue weighted by Crippen LogP contribution is -2.43. The van der Waals surface area contributed by atoms with Gasteiger partial charge in [0, 0.05) is 19.0 Å². The van der Waals surface area contributed by atoms with Gasteiger partial charge in [-0.05, 0) is 17.3 Å². The topological polar surface area (TPSA) is 147 Å². The molecule has 9 nitrogen and oxygen atoms in total. The van der Waals surface area contributed by atoms with Crippen molar-refractivity contribution in [2.75, 3.05) is 25.7 Å². The van der Waals surface area contributed by atoms with Crippen LogP contribution in [0.1, 0.15) is 48.0 Å². The fourth-order valence-electron chi connectivity index (χ4n) is 2.57. The lowest BCUT2D eigenvalue weighted by atomic mass is 9.71. The van der Waals surface area contributed by atoms with Crippen molar-refractivity contribution < 1.29 is 33.5 Å². The van der Waals surface area contributed by atoms with Crippen molar-refractivity contribution in [1.82, 2.24) is 10.2 Å². The van der Waals surface area contributed by atoms with Gasteiger partial charge in [-0.3, -0.25) is 18.8 Å². The maximum Gasteiger partial charge on any atom is 0.339 e. The van der Waals surface area contributed by atoms with Gasteiger partial charge in [0.15, 0.2) is 0 Å². The number of rotatable bonds is 9. The molecule has 0 fully saturated rings. The number of nitrogens with one attached hydrogen (secondary N) is 1. The third kappa shape index (κ3) is 13.0. The highest BCUT2D eigenvalue weighted by Crippen LogP contribution is 2.40. The maximum atomic E-state index is 12.6. The normalized spacial score (nSPS) is 15.2. The van der Waals surface area contributed by atoms with Gasteiger partial charge < -0.3 is 24.9 Å². The highest BCUT2D eigenvalue weighted by atomic mass is 31.2. The molecule has 0 aromatic carbocycles. The Hall–Kier alpha value is -0.270. The average molecular weight is 416 g/mol. The summed E-state index contributed by atoms with van der Waals surface area (Å²) in [6.45, 7) is 12.0. The predicted molar refractivity (Wildman–Crippen MR) is 101 cm³/mol. The zero-order valence-corrected chi connectivity index (χ0v) is 18.3. The Morgan fingerprint density at radius 3 is 1.69 bits per heavy atom. The van der Waals surface area contributed by atoms with E-state index in [9.17, 15) is 13.9 Å². The molecule has 0 radical (unpaired) electrons. The lowest BCUT2D eigenvalue weighted by Gasteiger charge is -2.34. The first kappa shape index (κ1) is 25.7. The number of amides is 1. The Morgan fingerprint density at radius 2 is 1.38 bits per heavy atom. The Bertz CT molecular complexity index is 533. The van der Waals surface area contributed by atoms with Crippen LogP contribution < -0.4 is 5.32 Å². The molecule has 0 aliphatic carbocycles. The third-order valence-corrected chi connectivity index (χ3v) is 5.21. The van der Waals surface area contributed by atoms with Gasteiger partial charge in [0.2, 0.25) is 5.91 Å². The van der Waals surface area contributed by atoms with E-state index in [0.29, 0.717) is 6.42 Å². The van der Waals surface area contributed by atoms with Crippen LogP contribution >= 0.6 is 15.2 Å². The van der Waals surface area contributed by atoms with Crippen LogP contribution in [0.3, 0.4) is 0 Å². The highest BCUT2D eigenvalue weighted by Gasteiger charge is 2.34. The molecule has 0 aromatic rings. The number of nitrogens with zero attached hydrogens (tertiary/aromatic N) is 1. The van der Waals surface area contributed by atoms with Gasteiger partial charge in [-0.15, -0.1) is 0 Å². The molecule has 1 unspecified atom stereocenters. The zero-order valence-electron chi connectivity index (χ0n) is 16.5. The molecule has 0 bridgehead atoms. The van der Waals surface area contributed by atoms with E-state index in [2.05, 4.69) is 5.32 Å². The molecule has 0 aromatic heterocycles. The average Bonchev–Trinajstić information content (AvgIpc) is 2.29. The Balaban J connectivity index is 4.91. The molecule has 0 heterocycles. The van der Waals surface area contributed by atoms with E-state index in [1.165, 1.54) is 0 Å². The summed E-state index contributed by atoms with van der Waals surface area (Å²) in [5.74, 6) is -0.445. The van der Waals surface area contributed by atoms with Gasteiger partial charge in [0.1, 0.15) is 12.6 Å². The van der Waals surface area contributed by atoms with E-state index in [1.54, 1.807) is 0 Å². The molecule has 0 aliphatic heterocycles. The van der Waals surface area contributed by atoms with Gasteiger partial charge >= 0.3 is 15.2 Å². The van der Waals surface area contributed by atoms with Crippen molar-refractivity contribution in [3.05, 3.63) is 0 Å². The van der Waals surface area contributed by atoms with Crippen LogP contribution in [0, 0.1) is 16.7 Å². The van der Waals surface area contributed by atoms with Gasteiger partial charge in [-0.25, -0.2) is 0 Å². The van der Waals surface area contributed by atoms with Gasteiger partial charge in [0.25, 0.3) is 0 Å². The Kier molecular flexibility index (Phi) is 9.19. The van der Waals surface area contributed by atoms with Crippen LogP contribution in [0.15, 0.2) is 0 Å². The Morgan fingerprint density at radius 1 is 0.962 bits per heavy atom. The summed E-state index contributed by atoms with van der Waals surface area (Å²) >= 11 is 0. The van der Waals surface area contributed by atoms with E-state index >= 15 is 0 Å². The summed E-state index contributed by atoms with van der Waals surface area (Å²) in [6, 6.07) is 0. The molecule has 0 saturated heterocycles. The zero-order chi connectivity index (χ0) is 21.0. The molecule has 11 heteroatoms. The van der Waals surface area contributed by atoms with Crippen LogP contribution in [0.5, 0.6) is 0 Å². The molecule has 1 amide bonds. The largest absolute Gasteiger partial charge is 0.355 e. The minimum atomic E-state index is -4.48. The van der Waals surface area contributed by atoms with Gasteiger partial charge in [-0.2, -0.15) is 0 Å². The number of carbonyl (C=O) groups is 1. The number of hydrogen-bond donors (Lipinski definition) is 5. The maximum absolute atomic E-state index is 12.6. The number of carbonyl (C=O) groups excluding carboxylic acids is 1. The minimum absolute atomic E-state index is 0.0373. The molecular formula is C15H34N2O7P2. The summed E-state index contributed by atoms with van der Waals surface area (Å²) in [7, 11) is -8.95. The first-order chi connectivity index (χ1) is 11.3. The summed E-state index contributed by atoms with van der Waals surface area (Å²) < 4.78 is 22.3. The molecule has 26 heavy (non-hydrogen) atoms. The second-order valence-electron chi connectivity index (χ2n) is 8.98. The van der Waals surface area contributed by atoms with E-state index in [1.807, 2.05) is 41.5 Å². The van der Waals surface area contributed by atoms with Crippen LogP contribution in [0.4, 0.5) is 0 Å². The second-order valence-corrected chi connectivity index (χ2v) is 12.2. The fraction of sp³-hybridized carbons (Fsp3) is 0.933. The fourth-order valence-corrected chi connectivity index (χ4v) is 4.25. The van der Waals surface area contributed by atoms with Gasteiger partial charge in [-0.1, -0.05) is 41.5 Å². The van der Waals surface area contributed by atoms with Crippen molar-refractivity contribution >= 4 is 21.1 Å². The summed E-state index contributed by atoms with van der Waals surface area (Å²) in [6.07, 6.45) is -0.894. The summed E-state index contributed by atoms with van der Waals surface area (Å²) in [5.41, 5.74) is -0.322. The Labute approximate surface area is 155 Å². The lowest BCUT2D eigenvalue weighted by molar-refractivity contribution is -0.129. The first-order valence-corrected chi connectivity index (χ1v) is 12.0. The van der Waals surface area contributed by atoms with Crippen LogP contribution in [0.2, 0.25) is 0 Å². The third-order valence-electron chi connectivity index (χ3n) is 3.67. The highest BCUT2D eigenvalue weighted by molar-refractivity contribution is 7.52. The molecule has 156 valence electrons. The van der Waals surface area contributed by atoms with Crippen molar-refractivity contribution in [3.8, 4) is 0 Å². The first-order valence-electron chi connectivity index (χ1n) is 8.39. The molecule has 5 N–H and O–H groups in total. The SMILES string of the molecule is CC(C)(C)CC(C(=O)NCCN(CP(=O)(O)O)CP(=O)(O)O)C(C)(C)C. The van der Waals surface area contributed by atoms with Crippen molar-refractivity contribution in [2.24, 2.45) is 16.7 Å². The monoisotopic (exact) mass is 416 g/mol. The molecule has 0 aliphatic rings. The molecule has 0 saturated carbocycles. The van der Waals surface area contributed by atoms with Gasteiger partial charge in [0.05, 0.1) is 0 Å². The molecule has 0 rings (SSSR count). The van der Waals surface area contributed by atoms with E-state index in [-0.39, 0.29) is 35.7 Å². The second kappa shape index (κ2) is 9.28. The van der Waals surface area contributed by atoms with Crippen LogP contribution in [-0.4, -0.2) is 56.0 Å². The van der Waals surface area contributed by atoms with E-state index in [0.717, 1.165) is 4.90 Å². The molecule has 0 spiro atoms.